The Morgan fingerprint density at radius 1 is 1.06 bits per heavy atom. The summed E-state index contributed by atoms with van der Waals surface area (Å²) in [5.41, 5.74) is 1.43. The largest absolute Gasteiger partial charge is 0.573 e. The number of hydrogen-bond donors (Lipinski definition) is 2. The molecule has 0 aliphatic carbocycles. The lowest BCUT2D eigenvalue weighted by molar-refractivity contribution is -0.274. The number of carboxylic acids is 1. The summed E-state index contributed by atoms with van der Waals surface area (Å²) in [7, 11) is -4.10. The van der Waals surface area contributed by atoms with Crippen molar-refractivity contribution in [3.05, 3.63) is 71.8 Å². The van der Waals surface area contributed by atoms with E-state index < -0.39 is 28.1 Å². The van der Waals surface area contributed by atoms with Crippen LogP contribution in [0.15, 0.2) is 70.0 Å². The number of nitrogens with one attached hydrogen (secondary N) is 1. The lowest BCUT2D eigenvalue weighted by Crippen LogP contribution is -2.16. The minimum atomic E-state index is -4.81. The molecule has 0 aliphatic rings. The molecular weight excluding hydrogens is 477 g/mol. The van der Waals surface area contributed by atoms with E-state index in [1.807, 2.05) is 0 Å². The number of alkyl halides is 3. The fourth-order valence-corrected chi connectivity index (χ4v) is 4.20. The van der Waals surface area contributed by atoms with Crippen LogP contribution in [0.4, 0.5) is 18.9 Å². The number of aryl methyl sites for hydroxylation is 1. The number of aromatic nitrogens is 1. The van der Waals surface area contributed by atoms with Crippen LogP contribution in [0, 0.1) is 6.92 Å². The number of carbonyl (C=O) groups is 1. The van der Waals surface area contributed by atoms with E-state index in [-0.39, 0.29) is 22.0 Å². The highest BCUT2D eigenvalue weighted by Crippen LogP contribution is 2.30. The van der Waals surface area contributed by atoms with E-state index in [1.165, 1.54) is 42.5 Å². The number of nitrogens with zero attached hydrogens (tertiary/aromatic N) is 1. The molecule has 34 heavy (non-hydrogen) atoms. The molecular formula is C22H15F3N2O6S. The summed E-state index contributed by atoms with van der Waals surface area (Å²) in [6.45, 7) is 1.56. The van der Waals surface area contributed by atoms with Gasteiger partial charge in [-0.15, -0.1) is 13.2 Å². The smallest absolute Gasteiger partial charge is 0.478 e. The van der Waals surface area contributed by atoms with Gasteiger partial charge in [-0.25, -0.2) is 18.2 Å². The van der Waals surface area contributed by atoms with E-state index >= 15 is 0 Å². The van der Waals surface area contributed by atoms with Gasteiger partial charge in [-0.05, 0) is 67.1 Å². The second kappa shape index (κ2) is 8.37. The second-order valence-electron chi connectivity index (χ2n) is 7.16. The van der Waals surface area contributed by atoms with Gasteiger partial charge in [0.15, 0.2) is 5.58 Å². The molecule has 2 N–H and O–H groups in total. The standard InChI is InChI=1S/C22H15F3N2O6S/c1-12-2-8-16(11-17(12)21(28)29)34(30,31)27-14-5-9-19-18(10-14)26-20(32-19)13-3-6-15(7-4-13)33-22(23,24)25/h2-11,27H,1H3,(H,28,29). The number of halogens is 3. The molecule has 4 rings (SSSR count). The quantitative estimate of drug-likeness (QED) is 0.380. The van der Waals surface area contributed by atoms with Gasteiger partial charge >= 0.3 is 12.3 Å². The molecule has 8 nitrogen and oxygen atoms in total. The van der Waals surface area contributed by atoms with Gasteiger partial charge in [-0.2, -0.15) is 0 Å². The molecule has 0 aliphatic heterocycles. The van der Waals surface area contributed by atoms with E-state index in [0.29, 0.717) is 22.2 Å². The van der Waals surface area contributed by atoms with Crippen LogP contribution in [0.3, 0.4) is 0 Å². The summed E-state index contributed by atoms with van der Waals surface area (Å²) in [4.78, 5) is 15.3. The molecule has 0 amide bonds. The van der Waals surface area contributed by atoms with Gasteiger partial charge < -0.3 is 14.3 Å². The van der Waals surface area contributed by atoms with Gasteiger partial charge in [0.25, 0.3) is 10.0 Å². The van der Waals surface area contributed by atoms with Crippen molar-refractivity contribution in [1.29, 1.82) is 0 Å². The maximum absolute atomic E-state index is 12.7. The number of anilines is 1. The lowest BCUT2D eigenvalue weighted by Gasteiger charge is -2.09. The van der Waals surface area contributed by atoms with Gasteiger partial charge in [-0.1, -0.05) is 6.07 Å². The van der Waals surface area contributed by atoms with E-state index in [9.17, 15) is 31.5 Å². The minimum Gasteiger partial charge on any atom is -0.478 e. The molecule has 0 saturated carbocycles. The van der Waals surface area contributed by atoms with Crippen molar-refractivity contribution in [3.63, 3.8) is 0 Å². The van der Waals surface area contributed by atoms with Gasteiger partial charge in [0.1, 0.15) is 11.3 Å². The second-order valence-corrected chi connectivity index (χ2v) is 8.84. The minimum absolute atomic E-state index is 0.109. The maximum atomic E-state index is 12.7. The fraction of sp³-hybridized carbons (Fsp3) is 0.0909. The van der Waals surface area contributed by atoms with Crippen LogP contribution in [0.5, 0.6) is 5.75 Å². The highest BCUT2D eigenvalue weighted by atomic mass is 32.2. The van der Waals surface area contributed by atoms with Crippen molar-refractivity contribution < 1.29 is 40.6 Å². The third-order valence-corrected chi connectivity index (χ3v) is 6.10. The molecule has 4 aromatic rings. The average Bonchev–Trinajstić information content (AvgIpc) is 3.16. The molecule has 1 heterocycles. The first-order valence-electron chi connectivity index (χ1n) is 9.55. The molecule has 0 radical (unpaired) electrons. The predicted molar refractivity (Wildman–Crippen MR) is 115 cm³/mol. The third-order valence-electron chi connectivity index (χ3n) is 4.72. The summed E-state index contributed by atoms with van der Waals surface area (Å²) >= 11 is 0. The van der Waals surface area contributed by atoms with Crippen molar-refractivity contribution in [2.24, 2.45) is 0 Å². The van der Waals surface area contributed by atoms with E-state index in [4.69, 9.17) is 4.42 Å². The number of ether oxygens (including phenoxy) is 1. The maximum Gasteiger partial charge on any atom is 0.573 e. The summed E-state index contributed by atoms with van der Waals surface area (Å²) in [6.07, 6.45) is -4.81. The molecule has 1 aromatic heterocycles. The third kappa shape index (κ3) is 4.96. The van der Waals surface area contributed by atoms with Crippen molar-refractivity contribution in [2.75, 3.05) is 4.72 Å². The zero-order valence-corrected chi connectivity index (χ0v) is 18.1. The number of sulfonamides is 1. The zero-order valence-electron chi connectivity index (χ0n) is 17.3. The van der Waals surface area contributed by atoms with Crippen LogP contribution in [0.1, 0.15) is 15.9 Å². The number of hydrogen-bond acceptors (Lipinski definition) is 6. The Balaban J connectivity index is 1.59. The number of aromatic carboxylic acids is 1. The molecule has 0 saturated heterocycles. The molecule has 3 aromatic carbocycles. The predicted octanol–water partition coefficient (Wildman–Crippen LogP) is 5.20. The Bertz CT molecular complexity index is 1500. The number of fused-ring (bicyclic) bond motifs is 1. The van der Waals surface area contributed by atoms with Gasteiger partial charge in [0.05, 0.1) is 16.1 Å². The first-order valence-corrected chi connectivity index (χ1v) is 11.0. The van der Waals surface area contributed by atoms with E-state index in [0.717, 1.165) is 18.2 Å². The highest BCUT2D eigenvalue weighted by molar-refractivity contribution is 7.92. The Morgan fingerprint density at radius 2 is 1.76 bits per heavy atom. The number of rotatable bonds is 6. The van der Waals surface area contributed by atoms with Crippen LogP contribution < -0.4 is 9.46 Å². The molecule has 0 spiro atoms. The number of benzene rings is 3. The molecule has 0 bridgehead atoms. The fourth-order valence-electron chi connectivity index (χ4n) is 3.13. The van der Waals surface area contributed by atoms with Crippen molar-refractivity contribution in [3.8, 4) is 17.2 Å². The summed E-state index contributed by atoms with van der Waals surface area (Å²) in [5, 5.41) is 9.23. The van der Waals surface area contributed by atoms with Crippen molar-refractivity contribution in [1.82, 2.24) is 4.98 Å². The molecule has 0 unspecified atom stereocenters. The topological polar surface area (TPSA) is 119 Å². The molecule has 0 atom stereocenters. The van der Waals surface area contributed by atoms with E-state index in [2.05, 4.69) is 14.4 Å². The molecule has 12 heteroatoms. The van der Waals surface area contributed by atoms with Crippen LogP contribution in [-0.4, -0.2) is 30.8 Å². The summed E-state index contributed by atoms with van der Waals surface area (Å²) < 4.78 is 74.2. The van der Waals surface area contributed by atoms with E-state index in [1.54, 1.807) is 6.92 Å². The summed E-state index contributed by atoms with van der Waals surface area (Å²) in [5.74, 6) is -1.53. The number of oxazole rings is 1. The molecule has 0 fully saturated rings. The Kier molecular flexibility index (Phi) is 5.69. The van der Waals surface area contributed by atoms with Crippen molar-refractivity contribution in [2.45, 2.75) is 18.2 Å². The Labute approximate surface area is 190 Å². The zero-order chi connectivity index (χ0) is 24.7. The van der Waals surface area contributed by atoms with Gasteiger partial charge in [-0.3, -0.25) is 4.72 Å². The Hall–Kier alpha value is -4.06. The van der Waals surface area contributed by atoms with Gasteiger partial charge in [0, 0.05) is 5.56 Å². The van der Waals surface area contributed by atoms with Crippen LogP contribution in [0.2, 0.25) is 0 Å². The van der Waals surface area contributed by atoms with Crippen LogP contribution >= 0.6 is 0 Å². The number of carboxylic acid groups (broad SMARTS) is 1. The summed E-state index contributed by atoms with van der Waals surface area (Å²) in [6, 6.07) is 13.0. The molecule has 176 valence electrons. The monoisotopic (exact) mass is 492 g/mol. The van der Waals surface area contributed by atoms with Crippen LogP contribution in [0.25, 0.3) is 22.6 Å². The lowest BCUT2D eigenvalue weighted by atomic mass is 10.1. The highest BCUT2D eigenvalue weighted by Gasteiger charge is 2.31. The average molecular weight is 492 g/mol. The normalized spacial score (nSPS) is 12.0. The van der Waals surface area contributed by atoms with Crippen LogP contribution in [-0.2, 0) is 10.0 Å². The SMILES string of the molecule is Cc1ccc(S(=O)(=O)Nc2ccc3oc(-c4ccc(OC(F)(F)F)cc4)nc3c2)cc1C(=O)O. The first kappa shape index (κ1) is 23.1. The van der Waals surface area contributed by atoms with Crippen molar-refractivity contribution >= 4 is 32.8 Å². The Morgan fingerprint density at radius 3 is 2.41 bits per heavy atom. The first-order chi connectivity index (χ1) is 15.9. The van der Waals surface area contributed by atoms with Gasteiger partial charge in [0.2, 0.25) is 5.89 Å².